The SMILES string of the molecule is c1ccc(-c2ccc3ccc(-c4ccc(-c5c6ccccc6nc6c5ccc5cccnc56)cc4)cc3n2)nc1. The van der Waals surface area contributed by atoms with Crippen LogP contribution in [0.3, 0.4) is 0 Å². The number of hydrogen-bond acceptors (Lipinski definition) is 4. The molecule has 40 heavy (non-hydrogen) atoms. The number of rotatable bonds is 3. The summed E-state index contributed by atoms with van der Waals surface area (Å²) in [6.07, 6.45) is 3.64. The minimum absolute atomic E-state index is 0.874. The molecule has 0 N–H and O–H groups in total. The zero-order chi connectivity index (χ0) is 26.5. The number of benzene rings is 4. The first kappa shape index (κ1) is 22.5. The van der Waals surface area contributed by atoms with Crippen molar-refractivity contribution in [3.63, 3.8) is 0 Å². The van der Waals surface area contributed by atoms with E-state index in [0.29, 0.717) is 0 Å². The Morgan fingerprint density at radius 2 is 1.18 bits per heavy atom. The van der Waals surface area contributed by atoms with Crippen molar-refractivity contribution in [2.24, 2.45) is 0 Å². The van der Waals surface area contributed by atoms with Crippen LogP contribution >= 0.6 is 0 Å². The molecule has 0 aliphatic rings. The van der Waals surface area contributed by atoms with Gasteiger partial charge in [0.05, 0.1) is 33.5 Å². The van der Waals surface area contributed by atoms with Crippen molar-refractivity contribution < 1.29 is 0 Å². The molecular weight excluding hydrogens is 488 g/mol. The molecule has 0 aliphatic carbocycles. The van der Waals surface area contributed by atoms with Crippen LogP contribution in [0.5, 0.6) is 0 Å². The summed E-state index contributed by atoms with van der Waals surface area (Å²) < 4.78 is 0. The van der Waals surface area contributed by atoms with Crippen LogP contribution in [-0.2, 0) is 0 Å². The van der Waals surface area contributed by atoms with Crippen molar-refractivity contribution in [3.8, 4) is 33.6 Å². The summed E-state index contributed by atoms with van der Waals surface area (Å²) in [7, 11) is 0. The maximum Gasteiger partial charge on any atom is 0.0978 e. The third-order valence-corrected chi connectivity index (χ3v) is 7.55. The Morgan fingerprint density at radius 3 is 2.08 bits per heavy atom. The van der Waals surface area contributed by atoms with E-state index < -0.39 is 0 Å². The third kappa shape index (κ3) is 3.69. The molecule has 8 aromatic rings. The molecule has 0 spiro atoms. The van der Waals surface area contributed by atoms with Gasteiger partial charge in [-0.2, -0.15) is 0 Å². The van der Waals surface area contributed by atoms with Crippen molar-refractivity contribution in [1.29, 1.82) is 0 Å². The molecule has 0 atom stereocenters. The number of para-hydroxylation sites is 1. The molecular formula is C36H22N4. The fourth-order valence-corrected chi connectivity index (χ4v) is 5.59. The maximum atomic E-state index is 5.04. The molecule has 0 amide bonds. The van der Waals surface area contributed by atoms with Crippen LogP contribution in [-0.4, -0.2) is 19.9 Å². The van der Waals surface area contributed by atoms with Crippen molar-refractivity contribution in [2.75, 3.05) is 0 Å². The Morgan fingerprint density at radius 1 is 0.400 bits per heavy atom. The summed E-state index contributed by atoms with van der Waals surface area (Å²) in [5.41, 5.74) is 10.1. The fraction of sp³-hybridized carbons (Fsp3) is 0. The summed E-state index contributed by atoms with van der Waals surface area (Å²) in [4.78, 5) is 19.1. The highest BCUT2D eigenvalue weighted by molar-refractivity contribution is 6.15. The molecule has 4 aromatic heterocycles. The normalized spacial score (nSPS) is 11.5. The van der Waals surface area contributed by atoms with Gasteiger partial charge < -0.3 is 0 Å². The van der Waals surface area contributed by atoms with Crippen LogP contribution in [0.15, 0.2) is 134 Å². The monoisotopic (exact) mass is 510 g/mol. The smallest absolute Gasteiger partial charge is 0.0978 e. The molecule has 4 heterocycles. The van der Waals surface area contributed by atoms with E-state index in [4.69, 9.17) is 9.97 Å². The molecule has 0 unspecified atom stereocenters. The van der Waals surface area contributed by atoms with Crippen LogP contribution < -0.4 is 0 Å². The maximum absolute atomic E-state index is 5.04. The minimum Gasteiger partial charge on any atom is -0.255 e. The van der Waals surface area contributed by atoms with E-state index in [0.717, 1.165) is 71.7 Å². The Labute approximate surface area is 230 Å². The summed E-state index contributed by atoms with van der Waals surface area (Å²) >= 11 is 0. The van der Waals surface area contributed by atoms with Gasteiger partial charge in [-0.25, -0.2) is 9.97 Å². The van der Waals surface area contributed by atoms with E-state index in [1.165, 1.54) is 5.56 Å². The van der Waals surface area contributed by atoms with Gasteiger partial charge in [-0.05, 0) is 53.1 Å². The lowest BCUT2D eigenvalue weighted by Gasteiger charge is -2.13. The first-order valence-corrected chi connectivity index (χ1v) is 13.3. The molecule has 4 aromatic carbocycles. The second kappa shape index (κ2) is 9.07. The lowest BCUT2D eigenvalue weighted by Crippen LogP contribution is -1.92. The molecule has 186 valence electrons. The Hall–Kier alpha value is -5.48. The highest BCUT2D eigenvalue weighted by atomic mass is 14.8. The van der Waals surface area contributed by atoms with Gasteiger partial charge in [0.1, 0.15) is 0 Å². The molecule has 0 aliphatic heterocycles. The van der Waals surface area contributed by atoms with Crippen molar-refractivity contribution >= 4 is 43.6 Å². The highest BCUT2D eigenvalue weighted by Gasteiger charge is 2.14. The van der Waals surface area contributed by atoms with Gasteiger partial charge >= 0.3 is 0 Å². The van der Waals surface area contributed by atoms with E-state index in [-0.39, 0.29) is 0 Å². The molecule has 4 nitrogen and oxygen atoms in total. The van der Waals surface area contributed by atoms with Gasteiger partial charge in [0.15, 0.2) is 0 Å². The van der Waals surface area contributed by atoms with E-state index in [2.05, 4.69) is 94.9 Å². The lowest BCUT2D eigenvalue weighted by molar-refractivity contribution is 1.28. The van der Waals surface area contributed by atoms with Crippen LogP contribution in [0.2, 0.25) is 0 Å². The van der Waals surface area contributed by atoms with Gasteiger partial charge in [0.2, 0.25) is 0 Å². The Balaban J connectivity index is 1.26. The number of pyridine rings is 4. The van der Waals surface area contributed by atoms with Crippen LogP contribution in [0.25, 0.3) is 77.3 Å². The van der Waals surface area contributed by atoms with Crippen molar-refractivity contribution in [1.82, 2.24) is 19.9 Å². The summed E-state index contributed by atoms with van der Waals surface area (Å²) in [5.74, 6) is 0. The average molecular weight is 511 g/mol. The molecule has 0 bridgehead atoms. The van der Waals surface area contributed by atoms with E-state index in [1.54, 1.807) is 6.20 Å². The van der Waals surface area contributed by atoms with Gasteiger partial charge in [-0.15, -0.1) is 0 Å². The quantitative estimate of drug-likeness (QED) is 0.176. The van der Waals surface area contributed by atoms with Crippen molar-refractivity contribution in [3.05, 3.63) is 134 Å². The first-order valence-electron chi connectivity index (χ1n) is 13.3. The molecule has 8 rings (SSSR count). The molecule has 0 fully saturated rings. The lowest BCUT2D eigenvalue weighted by atomic mass is 9.93. The van der Waals surface area contributed by atoms with Crippen LogP contribution in [0.4, 0.5) is 0 Å². The van der Waals surface area contributed by atoms with Crippen LogP contribution in [0, 0.1) is 0 Å². The average Bonchev–Trinajstić information content (AvgIpc) is 3.03. The number of hydrogen-bond donors (Lipinski definition) is 0. The molecule has 4 heteroatoms. The van der Waals surface area contributed by atoms with Gasteiger partial charge in [0, 0.05) is 39.5 Å². The highest BCUT2D eigenvalue weighted by Crippen LogP contribution is 2.38. The predicted octanol–water partition coefficient (Wildman–Crippen LogP) is 8.88. The summed E-state index contributed by atoms with van der Waals surface area (Å²) in [5, 5.41) is 4.44. The molecule has 0 radical (unpaired) electrons. The van der Waals surface area contributed by atoms with Gasteiger partial charge in [0.25, 0.3) is 0 Å². The van der Waals surface area contributed by atoms with Gasteiger partial charge in [-0.3, -0.25) is 9.97 Å². The minimum atomic E-state index is 0.874. The van der Waals surface area contributed by atoms with E-state index >= 15 is 0 Å². The number of nitrogens with zero attached hydrogens (tertiary/aromatic N) is 4. The second-order valence-electron chi connectivity index (χ2n) is 9.94. The summed E-state index contributed by atoms with van der Waals surface area (Å²) in [6, 6.07) is 42.0. The number of fused-ring (bicyclic) bond motifs is 5. The largest absolute Gasteiger partial charge is 0.255 e. The van der Waals surface area contributed by atoms with Gasteiger partial charge in [-0.1, -0.05) is 84.9 Å². The van der Waals surface area contributed by atoms with E-state index in [9.17, 15) is 0 Å². The fourth-order valence-electron chi connectivity index (χ4n) is 5.59. The second-order valence-corrected chi connectivity index (χ2v) is 9.94. The molecule has 0 saturated heterocycles. The standard InChI is InChI=1S/C36H22N4/c1-2-8-30-28(7-1)34(29-18-16-26-6-5-21-38-35(26)36(29)40-30)25-13-10-23(11-14-25)27-15-12-24-17-19-32(39-33(24)22-27)31-9-3-4-20-37-31/h1-22H. The molecule has 0 saturated carbocycles. The van der Waals surface area contributed by atoms with E-state index in [1.807, 2.05) is 42.6 Å². The first-order chi connectivity index (χ1) is 19.8. The third-order valence-electron chi connectivity index (χ3n) is 7.55. The summed E-state index contributed by atoms with van der Waals surface area (Å²) in [6.45, 7) is 0. The topological polar surface area (TPSA) is 51.6 Å². The van der Waals surface area contributed by atoms with Crippen LogP contribution in [0.1, 0.15) is 0 Å². The Kier molecular flexibility index (Phi) is 5.10. The number of aromatic nitrogens is 4. The Bertz CT molecular complexity index is 2200. The predicted molar refractivity (Wildman–Crippen MR) is 164 cm³/mol. The zero-order valence-electron chi connectivity index (χ0n) is 21.5. The van der Waals surface area contributed by atoms with Crippen molar-refractivity contribution in [2.45, 2.75) is 0 Å². The zero-order valence-corrected chi connectivity index (χ0v) is 21.5.